The van der Waals surface area contributed by atoms with Gasteiger partial charge in [-0.05, 0) is 23.8 Å². The Hall–Kier alpha value is -2.21. The molecule has 0 aliphatic heterocycles. The molecule has 1 heterocycles. The molecule has 0 unspecified atom stereocenters. The fourth-order valence-electron chi connectivity index (χ4n) is 2.44. The van der Waals surface area contributed by atoms with Gasteiger partial charge in [-0.15, -0.1) is 10.2 Å². The van der Waals surface area contributed by atoms with Crippen LogP contribution in [0, 0.1) is 0 Å². The van der Waals surface area contributed by atoms with Crippen LogP contribution in [0.15, 0.2) is 59.0 Å². The lowest BCUT2D eigenvalue weighted by atomic mass is 10.2. The van der Waals surface area contributed by atoms with Crippen LogP contribution in [0.5, 0.6) is 0 Å². The van der Waals surface area contributed by atoms with Crippen molar-refractivity contribution >= 4 is 11.6 Å². The van der Waals surface area contributed by atoms with E-state index in [-0.39, 0.29) is 6.61 Å². The van der Waals surface area contributed by atoms with Crippen LogP contribution in [-0.2, 0) is 13.1 Å². The first kappa shape index (κ1) is 16.6. The molecule has 0 aliphatic rings. The topological polar surface area (TPSA) is 62.4 Å². The molecule has 0 fully saturated rings. The molecule has 0 saturated heterocycles. The molecule has 0 radical (unpaired) electrons. The first-order valence-electron chi connectivity index (χ1n) is 7.70. The quantitative estimate of drug-likeness (QED) is 0.712. The first-order chi connectivity index (χ1) is 11.7. The zero-order chi connectivity index (χ0) is 16.8. The molecular weight excluding hydrogens is 326 g/mol. The summed E-state index contributed by atoms with van der Waals surface area (Å²) < 4.78 is 5.74. The number of aromatic nitrogens is 2. The summed E-state index contributed by atoms with van der Waals surface area (Å²) in [4.78, 5) is 2.06. The monoisotopic (exact) mass is 343 g/mol. The molecule has 3 aromatic rings. The third-order valence-electron chi connectivity index (χ3n) is 3.56. The Morgan fingerprint density at radius 2 is 1.83 bits per heavy atom. The van der Waals surface area contributed by atoms with E-state index in [1.165, 1.54) is 5.56 Å². The largest absolute Gasteiger partial charge is 0.419 e. The summed E-state index contributed by atoms with van der Waals surface area (Å²) in [5, 5.41) is 18.1. The van der Waals surface area contributed by atoms with Gasteiger partial charge >= 0.3 is 0 Å². The number of hydrogen-bond acceptors (Lipinski definition) is 5. The lowest BCUT2D eigenvalue weighted by Gasteiger charge is -2.19. The Bertz CT molecular complexity index is 777. The van der Waals surface area contributed by atoms with Gasteiger partial charge in [0.25, 0.3) is 0 Å². The van der Waals surface area contributed by atoms with Gasteiger partial charge in [-0.2, -0.15) is 0 Å². The van der Waals surface area contributed by atoms with Crippen LogP contribution in [-0.4, -0.2) is 33.4 Å². The Labute approximate surface area is 145 Å². The first-order valence-corrected chi connectivity index (χ1v) is 8.08. The molecule has 0 spiro atoms. The second kappa shape index (κ2) is 8.06. The summed E-state index contributed by atoms with van der Waals surface area (Å²) >= 11 is 5.99. The van der Waals surface area contributed by atoms with Crippen molar-refractivity contribution in [1.82, 2.24) is 15.1 Å². The Balaban J connectivity index is 1.71. The van der Waals surface area contributed by atoms with Crippen molar-refractivity contribution in [2.75, 3.05) is 13.2 Å². The minimum absolute atomic E-state index is 0.0715. The van der Waals surface area contributed by atoms with Crippen LogP contribution in [0.3, 0.4) is 0 Å². The van der Waals surface area contributed by atoms with Crippen LogP contribution in [0.2, 0.25) is 5.02 Å². The molecule has 0 amide bonds. The SMILES string of the molecule is OCCN(Cc1ccccc1)Cc1nnc(-c2cccc(Cl)c2)o1. The van der Waals surface area contributed by atoms with E-state index in [1.54, 1.807) is 12.1 Å². The number of nitrogens with zero attached hydrogens (tertiary/aromatic N) is 3. The predicted molar refractivity (Wildman–Crippen MR) is 92.4 cm³/mol. The van der Waals surface area contributed by atoms with Crippen molar-refractivity contribution in [3.8, 4) is 11.5 Å². The van der Waals surface area contributed by atoms with Gasteiger partial charge < -0.3 is 9.52 Å². The third kappa shape index (κ3) is 4.41. The van der Waals surface area contributed by atoms with Crippen molar-refractivity contribution in [2.24, 2.45) is 0 Å². The third-order valence-corrected chi connectivity index (χ3v) is 3.80. The van der Waals surface area contributed by atoms with Crippen molar-refractivity contribution in [3.05, 3.63) is 71.1 Å². The van der Waals surface area contributed by atoms with E-state index in [0.717, 1.165) is 5.56 Å². The van der Waals surface area contributed by atoms with Crippen molar-refractivity contribution in [3.63, 3.8) is 0 Å². The molecule has 5 nitrogen and oxygen atoms in total. The number of rotatable bonds is 7. The van der Waals surface area contributed by atoms with Gasteiger partial charge in [-0.25, -0.2) is 0 Å². The summed E-state index contributed by atoms with van der Waals surface area (Å²) in [7, 11) is 0. The molecule has 3 rings (SSSR count). The van der Waals surface area contributed by atoms with Crippen molar-refractivity contribution < 1.29 is 9.52 Å². The van der Waals surface area contributed by atoms with Gasteiger partial charge in [-0.1, -0.05) is 48.0 Å². The normalized spacial score (nSPS) is 11.1. The summed E-state index contributed by atoms with van der Waals surface area (Å²) in [6, 6.07) is 17.4. The van der Waals surface area contributed by atoms with E-state index in [9.17, 15) is 5.11 Å². The van der Waals surface area contributed by atoms with Crippen molar-refractivity contribution in [2.45, 2.75) is 13.1 Å². The summed E-state index contributed by atoms with van der Waals surface area (Å²) in [6.07, 6.45) is 0. The Kier molecular flexibility index (Phi) is 5.59. The molecule has 6 heteroatoms. The van der Waals surface area contributed by atoms with E-state index < -0.39 is 0 Å². The highest BCUT2D eigenvalue weighted by molar-refractivity contribution is 6.30. The van der Waals surface area contributed by atoms with Gasteiger partial charge in [0.15, 0.2) is 0 Å². The fourth-order valence-corrected chi connectivity index (χ4v) is 2.63. The second-order valence-electron chi connectivity index (χ2n) is 5.43. The van der Waals surface area contributed by atoms with E-state index in [4.69, 9.17) is 16.0 Å². The molecule has 0 aliphatic carbocycles. The van der Waals surface area contributed by atoms with Gasteiger partial charge in [-0.3, -0.25) is 4.90 Å². The molecular formula is C18H18ClN3O2. The molecule has 124 valence electrons. The number of halogens is 1. The average Bonchev–Trinajstić information content (AvgIpc) is 3.04. The van der Waals surface area contributed by atoms with Crippen molar-refractivity contribution in [1.29, 1.82) is 0 Å². The standard InChI is InChI=1S/C18H18ClN3O2/c19-16-8-4-7-15(11-16)18-21-20-17(24-18)13-22(9-10-23)12-14-5-2-1-3-6-14/h1-8,11,23H,9-10,12-13H2. The van der Waals surface area contributed by atoms with Gasteiger partial charge in [0, 0.05) is 23.7 Å². The fraction of sp³-hybridized carbons (Fsp3) is 0.222. The van der Waals surface area contributed by atoms with Gasteiger partial charge in [0.05, 0.1) is 13.2 Å². The molecule has 0 saturated carbocycles. The van der Waals surface area contributed by atoms with Gasteiger partial charge in [0.2, 0.25) is 11.8 Å². The lowest BCUT2D eigenvalue weighted by Crippen LogP contribution is -2.26. The minimum Gasteiger partial charge on any atom is -0.419 e. The highest BCUT2D eigenvalue weighted by atomic mass is 35.5. The molecule has 1 N–H and O–H groups in total. The van der Waals surface area contributed by atoms with Crippen LogP contribution in [0.25, 0.3) is 11.5 Å². The molecule has 0 atom stereocenters. The maximum Gasteiger partial charge on any atom is 0.247 e. The molecule has 2 aromatic carbocycles. The zero-order valence-electron chi connectivity index (χ0n) is 13.1. The smallest absolute Gasteiger partial charge is 0.247 e. The Morgan fingerprint density at radius 3 is 2.58 bits per heavy atom. The molecule has 24 heavy (non-hydrogen) atoms. The molecule has 1 aromatic heterocycles. The second-order valence-corrected chi connectivity index (χ2v) is 5.87. The summed E-state index contributed by atoms with van der Waals surface area (Å²) in [5.74, 6) is 0.950. The van der Waals surface area contributed by atoms with E-state index in [1.807, 2.05) is 30.3 Å². The highest BCUT2D eigenvalue weighted by Gasteiger charge is 2.13. The average molecular weight is 344 g/mol. The number of benzene rings is 2. The number of aliphatic hydroxyl groups excluding tert-OH is 1. The van der Waals surface area contributed by atoms with Gasteiger partial charge in [0.1, 0.15) is 0 Å². The minimum atomic E-state index is 0.0715. The Morgan fingerprint density at radius 1 is 1.00 bits per heavy atom. The maximum absolute atomic E-state index is 9.28. The number of hydrogen-bond donors (Lipinski definition) is 1. The van der Waals surface area contributed by atoms with Crippen LogP contribution in [0.1, 0.15) is 11.5 Å². The van der Waals surface area contributed by atoms with E-state index in [0.29, 0.717) is 36.4 Å². The predicted octanol–water partition coefficient (Wildman–Crippen LogP) is 3.38. The van der Waals surface area contributed by atoms with E-state index in [2.05, 4.69) is 27.2 Å². The maximum atomic E-state index is 9.28. The number of aliphatic hydroxyl groups is 1. The van der Waals surface area contributed by atoms with Crippen LogP contribution >= 0.6 is 11.6 Å². The highest BCUT2D eigenvalue weighted by Crippen LogP contribution is 2.22. The molecule has 0 bridgehead atoms. The van der Waals surface area contributed by atoms with Crippen LogP contribution in [0.4, 0.5) is 0 Å². The zero-order valence-corrected chi connectivity index (χ0v) is 13.9. The van der Waals surface area contributed by atoms with Crippen LogP contribution < -0.4 is 0 Å². The lowest BCUT2D eigenvalue weighted by molar-refractivity contribution is 0.173. The summed E-state index contributed by atoms with van der Waals surface area (Å²) in [6.45, 7) is 1.78. The van der Waals surface area contributed by atoms with E-state index >= 15 is 0 Å². The summed E-state index contributed by atoms with van der Waals surface area (Å²) in [5.41, 5.74) is 1.96.